The first-order chi connectivity index (χ1) is 9.70. The van der Waals surface area contributed by atoms with Gasteiger partial charge in [0.15, 0.2) is 0 Å². The van der Waals surface area contributed by atoms with E-state index in [4.69, 9.17) is 0 Å². The number of fused-ring (bicyclic) bond motifs is 1. The Kier molecular flexibility index (Phi) is 4.39. The molecule has 0 amide bonds. The van der Waals surface area contributed by atoms with Crippen molar-refractivity contribution in [1.82, 2.24) is 10.2 Å². The van der Waals surface area contributed by atoms with Gasteiger partial charge in [0.2, 0.25) is 0 Å². The number of likely N-dealkylation sites (N-methyl/N-ethyl adjacent to an activating group) is 1. The van der Waals surface area contributed by atoms with Crippen molar-refractivity contribution in [2.45, 2.75) is 25.4 Å². The molecule has 2 aromatic rings. The molecule has 0 atom stereocenters. The van der Waals surface area contributed by atoms with Crippen molar-refractivity contribution in [2.75, 3.05) is 20.1 Å². The summed E-state index contributed by atoms with van der Waals surface area (Å²) in [5.41, 5.74) is 1.38. The molecule has 1 aliphatic rings. The fourth-order valence-corrected chi connectivity index (χ4v) is 2.88. The Labute approximate surface area is 129 Å². The normalized spacial score (nSPS) is 15.2. The molecule has 2 aromatic carbocycles. The lowest BCUT2D eigenvalue weighted by Crippen LogP contribution is -2.30. The molecule has 1 N–H and O–H groups in total. The lowest BCUT2D eigenvalue weighted by Gasteiger charge is -2.17. The van der Waals surface area contributed by atoms with Crippen LogP contribution in [-0.4, -0.2) is 31.1 Å². The van der Waals surface area contributed by atoms with Crippen LogP contribution in [0.1, 0.15) is 18.4 Å². The molecule has 0 heterocycles. The highest BCUT2D eigenvalue weighted by atomic mass is 79.9. The molecule has 3 rings (SSSR count). The van der Waals surface area contributed by atoms with Crippen molar-refractivity contribution in [3.63, 3.8) is 0 Å². The highest BCUT2D eigenvalue weighted by Crippen LogP contribution is 2.21. The maximum atomic E-state index is 3.56. The topological polar surface area (TPSA) is 15.3 Å². The van der Waals surface area contributed by atoms with E-state index in [-0.39, 0.29) is 0 Å². The summed E-state index contributed by atoms with van der Waals surface area (Å²) < 4.78 is 1.14. The lowest BCUT2D eigenvalue weighted by atomic mass is 10.1. The Bertz CT molecular complexity index is 593. The Morgan fingerprint density at radius 2 is 1.90 bits per heavy atom. The third-order valence-corrected chi connectivity index (χ3v) is 4.32. The first kappa shape index (κ1) is 14.1. The maximum absolute atomic E-state index is 3.56. The van der Waals surface area contributed by atoms with Crippen molar-refractivity contribution < 1.29 is 0 Å². The molecule has 1 aliphatic carbocycles. The quantitative estimate of drug-likeness (QED) is 0.865. The van der Waals surface area contributed by atoms with E-state index >= 15 is 0 Å². The van der Waals surface area contributed by atoms with Crippen molar-refractivity contribution in [2.24, 2.45) is 0 Å². The summed E-state index contributed by atoms with van der Waals surface area (Å²) in [6.45, 7) is 3.22. The Morgan fingerprint density at radius 1 is 1.15 bits per heavy atom. The molecular formula is C17H21BrN2. The lowest BCUT2D eigenvalue weighted by molar-refractivity contribution is 0.324. The summed E-state index contributed by atoms with van der Waals surface area (Å²) in [6.07, 6.45) is 2.73. The fourth-order valence-electron chi connectivity index (χ4n) is 2.50. The molecule has 2 nitrogen and oxygen atoms in total. The van der Waals surface area contributed by atoms with Gasteiger partial charge in [-0.3, -0.25) is 0 Å². The van der Waals surface area contributed by atoms with Gasteiger partial charge in [-0.15, -0.1) is 0 Å². The molecule has 3 heteroatoms. The standard InChI is InChI=1S/C17H21BrN2/c1-20(9-8-19-17-6-7-17)12-13-2-3-15-11-16(18)5-4-14(15)10-13/h2-5,10-11,17,19H,6-9,12H2,1H3. The average molecular weight is 333 g/mol. The molecule has 0 aliphatic heterocycles. The zero-order valence-corrected chi connectivity index (χ0v) is 13.5. The van der Waals surface area contributed by atoms with E-state index in [1.54, 1.807) is 0 Å². The first-order valence-electron chi connectivity index (χ1n) is 7.31. The van der Waals surface area contributed by atoms with Crippen molar-refractivity contribution in [1.29, 1.82) is 0 Å². The van der Waals surface area contributed by atoms with E-state index in [0.29, 0.717) is 0 Å². The smallest absolute Gasteiger partial charge is 0.0231 e. The number of halogens is 1. The molecule has 0 spiro atoms. The third kappa shape index (κ3) is 3.81. The molecule has 106 valence electrons. The molecule has 1 fully saturated rings. The van der Waals surface area contributed by atoms with E-state index in [2.05, 4.69) is 69.6 Å². The van der Waals surface area contributed by atoms with Crippen LogP contribution < -0.4 is 5.32 Å². The van der Waals surface area contributed by atoms with E-state index in [1.165, 1.54) is 29.2 Å². The average Bonchev–Trinajstić information content (AvgIpc) is 3.23. The minimum Gasteiger partial charge on any atom is -0.313 e. The van der Waals surface area contributed by atoms with Crippen molar-refractivity contribution >= 4 is 26.7 Å². The molecule has 0 saturated heterocycles. The molecule has 0 bridgehead atoms. The van der Waals surface area contributed by atoms with Crippen LogP contribution in [0, 0.1) is 0 Å². The first-order valence-corrected chi connectivity index (χ1v) is 8.10. The minimum atomic E-state index is 0.808. The summed E-state index contributed by atoms with van der Waals surface area (Å²) in [5.74, 6) is 0. The van der Waals surface area contributed by atoms with E-state index in [0.717, 1.165) is 30.1 Å². The Hall–Kier alpha value is -0.900. The summed E-state index contributed by atoms with van der Waals surface area (Å²) in [7, 11) is 2.19. The largest absolute Gasteiger partial charge is 0.313 e. The van der Waals surface area contributed by atoms with Crippen LogP contribution in [0.15, 0.2) is 40.9 Å². The van der Waals surface area contributed by atoms with Gasteiger partial charge in [0.05, 0.1) is 0 Å². The minimum absolute atomic E-state index is 0.808. The molecule has 20 heavy (non-hydrogen) atoms. The second-order valence-electron chi connectivity index (χ2n) is 5.79. The number of hydrogen-bond donors (Lipinski definition) is 1. The zero-order valence-electron chi connectivity index (χ0n) is 11.9. The van der Waals surface area contributed by atoms with Crippen LogP contribution in [0.25, 0.3) is 10.8 Å². The maximum Gasteiger partial charge on any atom is 0.0231 e. The summed E-state index contributed by atoms with van der Waals surface area (Å²) in [4.78, 5) is 2.38. The SMILES string of the molecule is CN(CCNC1CC1)Cc1ccc2cc(Br)ccc2c1. The van der Waals surface area contributed by atoms with E-state index in [9.17, 15) is 0 Å². The van der Waals surface area contributed by atoms with Crippen LogP contribution in [0.4, 0.5) is 0 Å². The highest BCUT2D eigenvalue weighted by Gasteiger charge is 2.19. The number of nitrogens with one attached hydrogen (secondary N) is 1. The predicted octanol–water partition coefficient (Wildman–Crippen LogP) is 3.79. The van der Waals surface area contributed by atoms with E-state index in [1.807, 2.05) is 0 Å². The molecular weight excluding hydrogens is 312 g/mol. The van der Waals surface area contributed by atoms with Gasteiger partial charge in [0, 0.05) is 30.1 Å². The Morgan fingerprint density at radius 3 is 2.70 bits per heavy atom. The van der Waals surface area contributed by atoms with Crippen molar-refractivity contribution in [3.8, 4) is 0 Å². The van der Waals surface area contributed by atoms with Gasteiger partial charge in [-0.1, -0.05) is 34.1 Å². The number of benzene rings is 2. The van der Waals surface area contributed by atoms with Crippen molar-refractivity contribution in [3.05, 3.63) is 46.4 Å². The van der Waals surface area contributed by atoms with Crippen LogP contribution >= 0.6 is 15.9 Å². The molecule has 0 unspecified atom stereocenters. The molecule has 0 aromatic heterocycles. The van der Waals surface area contributed by atoms with Crippen LogP contribution in [0.2, 0.25) is 0 Å². The van der Waals surface area contributed by atoms with Gasteiger partial charge in [0.25, 0.3) is 0 Å². The predicted molar refractivity (Wildman–Crippen MR) is 89.0 cm³/mol. The number of rotatable bonds is 6. The fraction of sp³-hybridized carbons (Fsp3) is 0.412. The molecule has 0 radical (unpaired) electrons. The van der Waals surface area contributed by atoms with Gasteiger partial charge in [-0.2, -0.15) is 0 Å². The van der Waals surface area contributed by atoms with Crippen LogP contribution in [0.3, 0.4) is 0 Å². The van der Waals surface area contributed by atoms with Gasteiger partial charge in [-0.05, 0) is 54.4 Å². The monoisotopic (exact) mass is 332 g/mol. The summed E-state index contributed by atoms with van der Waals surface area (Å²) in [6, 6.07) is 14.0. The zero-order chi connectivity index (χ0) is 13.9. The summed E-state index contributed by atoms with van der Waals surface area (Å²) in [5, 5.41) is 6.17. The van der Waals surface area contributed by atoms with Gasteiger partial charge < -0.3 is 10.2 Å². The second kappa shape index (κ2) is 6.25. The number of hydrogen-bond acceptors (Lipinski definition) is 2. The van der Waals surface area contributed by atoms with Crippen LogP contribution in [0.5, 0.6) is 0 Å². The van der Waals surface area contributed by atoms with Crippen LogP contribution in [-0.2, 0) is 6.54 Å². The van der Waals surface area contributed by atoms with Gasteiger partial charge in [0.1, 0.15) is 0 Å². The van der Waals surface area contributed by atoms with E-state index < -0.39 is 0 Å². The van der Waals surface area contributed by atoms with Gasteiger partial charge in [-0.25, -0.2) is 0 Å². The summed E-state index contributed by atoms with van der Waals surface area (Å²) >= 11 is 3.52. The Balaban J connectivity index is 1.59. The van der Waals surface area contributed by atoms with Gasteiger partial charge >= 0.3 is 0 Å². The highest BCUT2D eigenvalue weighted by molar-refractivity contribution is 9.10. The second-order valence-corrected chi connectivity index (χ2v) is 6.71. The molecule has 1 saturated carbocycles. The third-order valence-electron chi connectivity index (χ3n) is 3.82. The number of nitrogens with zero attached hydrogens (tertiary/aromatic N) is 1.